The molecule has 1 atom stereocenters. The quantitative estimate of drug-likeness (QED) is 0.450. The van der Waals surface area contributed by atoms with Crippen LogP contribution in [0.5, 0.6) is 5.75 Å². The first-order valence-corrected chi connectivity index (χ1v) is 11.3. The van der Waals surface area contributed by atoms with E-state index in [2.05, 4.69) is 22.0 Å². The van der Waals surface area contributed by atoms with Gasteiger partial charge in [0.25, 0.3) is 5.91 Å². The highest BCUT2D eigenvalue weighted by atomic mass is 32.1. The van der Waals surface area contributed by atoms with E-state index in [4.69, 9.17) is 17.0 Å². The number of carbonyl (C=O) groups is 1. The lowest BCUT2D eigenvalue weighted by molar-refractivity contribution is -0.113. The highest BCUT2D eigenvalue weighted by molar-refractivity contribution is 7.80. The summed E-state index contributed by atoms with van der Waals surface area (Å²) >= 11 is 5.37. The van der Waals surface area contributed by atoms with Crippen molar-refractivity contribution in [3.8, 4) is 5.75 Å². The number of benzene rings is 3. The Morgan fingerprint density at radius 2 is 1.76 bits per heavy atom. The highest BCUT2D eigenvalue weighted by Gasteiger charge is 2.28. The summed E-state index contributed by atoms with van der Waals surface area (Å²) in [5.74, 6) is 0.588. The van der Waals surface area contributed by atoms with Crippen LogP contribution in [-0.4, -0.2) is 17.1 Å². The second-order valence-corrected chi connectivity index (χ2v) is 8.59. The average molecular weight is 458 g/mol. The fourth-order valence-electron chi connectivity index (χ4n) is 3.84. The fraction of sp³-hybridized carbons (Fsp3) is 0.185. The van der Waals surface area contributed by atoms with Crippen molar-refractivity contribution in [1.82, 2.24) is 10.6 Å². The molecule has 1 aliphatic rings. The van der Waals surface area contributed by atoms with E-state index in [-0.39, 0.29) is 11.9 Å². The van der Waals surface area contributed by atoms with E-state index in [0.29, 0.717) is 23.0 Å². The molecular formula is C27H27N3O2S. The van der Waals surface area contributed by atoms with Gasteiger partial charge in [-0.05, 0) is 80.0 Å². The molecule has 3 aromatic rings. The van der Waals surface area contributed by atoms with Gasteiger partial charge in [-0.1, -0.05) is 48.0 Å². The van der Waals surface area contributed by atoms with Crippen molar-refractivity contribution in [3.05, 3.63) is 101 Å². The van der Waals surface area contributed by atoms with Gasteiger partial charge in [-0.15, -0.1) is 0 Å². The monoisotopic (exact) mass is 457 g/mol. The number of nitrogens with one attached hydrogen (secondary N) is 3. The largest absolute Gasteiger partial charge is 0.489 e. The number of amides is 1. The molecule has 0 fully saturated rings. The van der Waals surface area contributed by atoms with E-state index in [9.17, 15) is 4.79 Å². The predicted octanol–water partition coefficient (Wildman–Crippen LogP) is 5.10. The van der Waals surface area contributed by atoms with Crippen LogP contribution in [0.15, 0.2) is 78.4 Å². The lowest BCUT2D eigenvalue weighted by atomic mass is 9.98. The van der Waals surface area contributed by atoms with E-state index in [1.54, 1.807) is 0 Å². The van der Waals surface area contributed by atoms with Gasteiger partial charge in [0.05, 0.1) is 17.3 Å². The van der Waals surface area contributed by atoms with Crippen molar-refractivity contribution in [2.24, 2.45) is 0 Å². The molecule has 0 saturated carbocycles. The average Bonchev–Trinajstić information content (AvgIpc) is 2.80. The molecular weight excluding hydrogens is 430 g/mol. The van der Waals surface area contributed by atoms with Gasteiger partial charge in [0.15, 0.2) is 5.11 Å². The van der Waals surface area contributed by atoms with Crippen LogP contribution in [0.3, 0.4) is 0 Å². The van der Waals surface area contributed by atoms with Crippen LogP contribution in [0.25, 0.3) is 5.70 Å². The van der Waals surface area contributed by atoms with Crippen LogP contribution in [-0.2, 0) is 11.4 Å². The fourth-order valence-corrected chi connectivity index (χ4v) is 4.12. The normalized spacial score (nSPS) is 15.5. The summed E-state index contributed by atoms with van der Waals surface area (Å²) in [6, 6.07) is 23.4. The summed E-state index contributed by atoms with van der Waals surface area (Å²) in [6.45, 7) is 6.45. The zero-order valence-electron chi connectivity index (χ0n) is 18.9. The Morgan fingerprint density at radius 3 is 2.45 bits per heavy atom. The molecule has 168 valence electrons. The molecule has 0 aliphatic carbocycles. The van der Waals surface area contributed by atoms with E-state index >= 15 is 0 Å². The van der Waals surface area contributed by atoms with Gasteiger partial charge in [0.1, 0.15) is 12.4 Å². The molecule has 3 N–H and O–H groups in total. The molecule has 0 saturated heterocycles. The van der Waals surface area contributed by atoms with Gasteiger partial charge in [-0.25, -0.2) is 0 Å². The molecule has 0 spiro atoms. The molecule has 1 aliphatic heterocycles. The van der Waals surface area contributed by atoms with Gasteiger partial charge >= 0.3 is 0 Å². The predicted molar refractivity (Wildman–Crippen MR) is 137 cm³/mol. The van der Waals surface area contributed by atoms with E-state index in [0.717, 1.165) is 33.7 Å². The molecule has 4 rings (SSSR count). The van der Waals surface area contributed by atoms with E-state index < -0.39 is 0 Å². The minimum Gasteiger partial charge on any atom is -0.489 e. The maximum Gasteiger partial charge on any atom is 0.255 e. The van der Waals surface area contributed by atoms with Crippen molar-refractivity contribution in [2.45, 2.75) is 33.4 Å². The minimum atomic E-state index is -0.242. The van der Waals surface area contributed by atoms with Crippen molar-refractivity contribution in [2.75, 3.05) is 5.32 Å². The molecule has 1 unspecified atom stereocenters. The van der Waals surface area contributed by atoms with Gasteiger partial charge in [0, 0.05) is 5.69 Å². The zero-order valence-corrected chi connectivity index (χ0v) is 19.8. The molecule has 6 heteroatoms. The smallest absolute Gasteiger partial charge is 0.255 e. The molecule has 1 heterocycles. The first kappa shape index (κ1) is 22.6. The second kappa shape index (κ2) is 9.88. The number of hydrogen-bond acceptors (Lipinski definition) is 3. The second-order valence-electron chi connectivity index (χ2n) is 8.18. The highest BCUT2D eigenvalue weighted by Crippen LogP contribution is 2.26. The first-order valence-electron chi connectivity index (χ1n) is 10.9. The number of ether oxygens (including phenoxy) is 1. The topological polar surface area (TPSA) is 62.4 Å². The number of carbonyl (C=O) groups excluding carboxylic acids is 1. The van der Waals surface area contributed by atoms with Crippen LogP contribution in [0.1, 0.15) is 29.2 Å². The van der Waals surface area contributed by atoms with E-state index in [1.807, 2.05) is 87.5 Å². The molecule has 0 aromatic heterocycles. The maximum absolute atomic E-state index is 13.3. The van der Waals surface area contributed by atoms with Gasteiger partial charge in [-0.3, -0.25) is 4.79 Å². The van der Waals surface area contributed by atoms with Gasteiger partial charge in [-0.2, -0.15) is 0 Å². The number of rotatable bonds is 6. The Hall–Kier alpha value is -3.64. The first-order chi connectivity index (χ1) is 15.9. The SMILES string of the molecule is Cc1ccc(NC(=O)C2=C(c3ccc(OCc4ccccc4)cc3)NC(=S)NC2C)c(C)c1. The molecule has 5 nitrogen and oxygen atoms in total. The Labute approximate surface area is 199 Å². The van der Waals surface area contributed by atoms with Crippen LogP contribution in [0, 0.1) is 13.8 Å². The zero-order chi connectivity index (χ0) is 23.4. The number of anilines is 1. The lowest BCUT2D eigenvalue weighted by Crippen LogP contribution is -2.49. The van der Waals surface area contributed by atoms with Gasteiger partial charge in [0.2, 0.25) is 0 Å². The van der Waals surface area contributed by atoms with Crippen LogP contribution < -0.4 is 20.7 Å². The van der Waals surface area contributed by atoms with Crippen molar-refractivity contribution in [3.63, 3.8) is 0 Å². The maximum atomic E-state index is 13.3. The molecule has 3 aromatic carbocycles. The van der Waals surface area contributed by atoms with Crippen LogP contribution in [0.4, 0.5) is 5.69 Å². The molecule has 33 heavy (non-hydrogen) atoms. The Kier molecular flexibility index (Phi) is 6.75. The summed E-state index contributed by atoms with van der Waals surface area (Å²) < 4.78 is 5.90. The Morgan fingerprint density at radius 1 is 1.03 bits per heavy atom. The minimum absolute atomic E-state index is 0.170. The summed E-state index contributed by atoms with van der Waals surface area (Å²) in [6.07, 6.45) is 0. The van der Waals surface area contributed by atoms with Crippen molar-refractivity contribution in [1.29, 1.82) is 0 Å². The summed E-state index contributed by atoms with van der Waals surface area (Å²) in [5, 5.41) is 9.87. The van der Waals surface area contributed by atoms with Crippen molar-refractivity contribution >= 4 is 34.6 Å². The van der Waals surface area contributed by atoms with Crippen molar-refractivity contribution < 1.29 is 9.53 Å². The summed E-state index contributed by atoms with van der Waals surface area (Å²) in [7, 11) is 0. The Balaban J connectivity index is 1.58. The third-order valence-electron chi connectivity index (χ3n) is 5.55. The van der Waals surface area contributed by atoms with Crippen LogP contribution in [0.2, 0.25) is 0 Å². The molecule has 0 radical (unpaired) electrons. The lowest BCUT2D eigenvalue weighted by Gasteiger charge is -2.29. The number of hydrogen-bond donors (Lipinski definition) is 3. The Bertz CT molecular complexity index is 1200. The molecule has 1 amide bonds. The third kappa shape index (κ3) is 5.41. The standard InChI is InChI=1S/C27H27N3O2S/c1-17-9-14-23(18(2)15-17)29-26(31)24-19(3)28-27(33)30-25(24)21-10-12-22(13-11-21)32-16-20-7-5-4-6-8-20/h4-15,19H,16H2,1-3H3,(H,29,31)(H2,28,30,33). The van der Waals surface area contributed by atoms with Gasteiger partial charge < -0.3 is 20.7 Å². The summed E-state index contributed by atoms with van der Waals surface area (Å²) in [4.78, 5) is 13.3. The molecule has 0 bridgehead atoms. The summed E-state index contributed by atoms with van der Waals surface area (Å²) in [5.41, 5.74) is 6.23. The third-order valence-corrected chi connectivity index (χ3v) is 5.77. The number of thiocarbonyl (C=S) groups is 1. The van der Waals surface area contributed by atoms with E-state index in [1.165, 1.54) is 0 Å². The van der Waals surface area contributed by atoms with Crippen LogP contribution >= 0.6 is 12.2 Å². The number of aryl methyl sites for hydroxylation is 2.